The van der Waals surface area contributed by atoms with Crippen LogP contribution in [0.1, 0.15) is 24.0 Å². The molecule has 0 bridgehead atoms. The number of methoxy groups -OCH3 is 1. The van der Waals surface area contributed by atoms with Crippen molar-refractivity contribution in [3.8, 4) is 5.75 Å². The Morgan fingerprint density at radius 3 is 2.19 bits per heavy atom. The zero-order chi connectivity index (χ0) is 15.3. The summed E-state index contributed by atoms with van der Waals surface area (Å²) in [6.45, 7) is 1.93. The maximum Gasteiger partial charge on any atom is 0.155 e. The molecule has 0 aliphatic rings. The molecule has 4 heteroatoms. The average Bonchev–Trinajstić information content (AvgIpc) is 2.47. The first-order valence-corrected chi connectivity index (χ1v) is 8.70. The Kier molecular flexibility index (Phi) is 5.02. The summed E-state index contributed by atoms with van der Waals surface area (Å²) in [6.07, 6.45) is 0. The molecule has 0 radical (unpaired) electrons. The Bertz CT molecular complexity index is 661. The first-order valence-electron chi connectivity index (χ1n) is 6.88. The van der Waals surface area contributed by atoms with Crippen molar-refractivity contribution in [2.24, 2.45) is 0 Å². The molecule has 0 aliphatic heterocycles. The summed E-state index contributed by atoms with van der Waals surface area (Å²) in [5.41, 5.74) is 1.84. The van der Waals surface area contributed by atoms with E-state index in [1.165, 1.54) is 0 Å². The average molecular weight is 304 g/mol. The molecule has 3 nitrogen and oxygen atoms in total. The standard InChI is InChI=1S/C17H20O3S/c1-14(16-8-10-17(20-2)11-9-16)12-21(18,19)13-15-6-4-3-5-7-15/h3-11,14H,12-13H2,1-2H3. The molecule has 0 fully saturated rings. The number of sulfone groups is 1. The van der Waals surface area contributed by atoms with Gasteiger partial charge in [0.25, 0.3) is 0 Å². The minimum atomic E-state index is -3.13. The van der Waals surface area contributed by atoms with Crippen LogP contribution in [-0.4, -0.2) is 21.3 Å². The summed E-state index contributed by atoms with van der Waals surface area (Å²) < 4.78 is 29.7. The van der Waals surface area contributed by atoms with Gasteiger partial charge in [0.15, 0.2) is 9.84 Å². The maximum atomic E-state index is 12.3. The van der Waals surface area contributed by atoms with Crippen LogP contribution in [0.3, 0.4) is 0 Å². The summed E-state index contributed by atoms with van der Waals surface area (Å²) in [5.74, 6) is 0.977. The van der Waals surface area contributed by atoms with Crippen LogP contribution in [0.25, 0.3) is 0 Å². The Hall–Kier alpha value is -1.81. The highest BCUT2D eigenvalue weighted by Crippen LogP contribution is 2.21. The van der Waals surface area contributed by atoms with E-state index in [0.717, 1.165) is 16.9 Å². The van der Waals surface area contributed by atoms with Crippen LogP contribution in [0.15, 0.2) is 54.6 Å². The molecule has 0 saturated carbocycles. The van der Waals surface area contributed by atoms with Crippen molar-refractivity contribution in [3.05, 3.63) is 65.7 Å². The summed E-state index contributed by atoms with van der Waals surface area (Å²) in [6, 6.07) is 16.8. The minimum absolute atomic E-state index is 0.0374. The number of rotatable bonds is 6. The second-order valence-corrected chi connectivity index (χ2v) is 7.32. The molecular weight excluding hydrogens is 284 g/mol. The molecule has 2 rings (SSSR count). The third-order valence-corrected chi connectivity index (χ3v) is 5.20. The van der Waals surface area contributed by atoms with Crippen molar-refractivity contribution >= 4 is 9.84 Å². The largest absolute Gasteiger partial charge is 0.497 e. The summed E-state index contributed by atoms with van der Waals surface area (Å²) in [4.78, 5) is 0. The molecular formula is C17H20O3S. The maximum absolute atomic E-state index is 12.3. The first-order chi connectivity index (χ1) is 10.00. The van der Waals surface area contributed by atoms with Gasteiger partial charge in [0.05, 0.1) is 18.6 Å². The Labute approximate surface area is 126 Å². The van der Waals surface area contributed by atoms with E-state index < -0.39 is 9.84 Å². The van der Waals surface area contributed by atoms with Crippen LogP contribution in [0.5, 0.6) is 5.75 Å². The fourth-order valence-corrected chi connectivity index (χ4v) is 4.07. The lowest BCUT2D eigenvalue weighted by atomic mass is 10.0. The number of benzene rings is 2. The molecule has 2 aromatic carbocycles. The van der Waals surface area contributed by atoms with Gasteiger partial charge < -0.3 is 4.74 Å². The van der Waals surface area contributed by atoms with Gasteiger partial charge in [0.1, 0.15) is 5.75 Å². The normalized spacial score (nSPS) is 12.9. The lowest BCUT2D eigenvalue weighted by Gasteiger charge is -2.13. The zero-order valence-electron chi connectivity index (χ0n) is 12.3. The summed E-state index contributed by atoms with van der Waals surface area (Å²) >= 11 is 0. The number of hydrogen-bond acceptors (Lipinski definition) is 3. The lowest BCUT2D eigenvalue weighted by molar-refractivity contribution is 0.414. The van der Waals surface area contributed by atoms with Crippen LogP contribution >= 0.6 is 0 Å². The SMILES string of the molecule is COc1ccc(C(C)CS(=O)(=O)Cc2ccccc2)cc1. The Morgan fingerprint density at radius 1 is 1.00 bits per heavy atom. The number of ether oxygens (including phenoxy) is 1. The van der Waals surface area contributed by atoms with E-state index in [9.17, 15) is 8.42 Å². The van der Waals surface area contributed by atoms with Gasteiger partial charge in [-0.05, 0) is 29.2 Å². The van der Waals surface area contributed by atoms with Gasteiger partial charge in [-0.3, -0.25) is 0 Å². The topological polar surface area (TPSA) is 43.4 Å². The van der Waals surface area contributed by atoms with E-state index in [-0.39, 0.29) is 17.4 Å². The van der Waals surface area contributed by atoms with Crippen molar-refractivity contribution in [2.75, 3.05) is 12.9 Å². The van der Waals surface area contributed by atoms with E-state index in [1.54, 1.807) is 7.11 Å². The molecule has 0 saturated heterocycles. The van der Waals surface area contributed by atoms with Crippen molar-refractivity contribution < 1.29 is 13.2 Å². The second kappa shape index (κ2) is 6.76. The van der Waals surface area contributed by atoms with Crippen LogP contribution < -0.4 is 4.74 Å². The smallest absolute Gasteiger partial charge is 0.155 e. The third kappa shape index (κ3) is 4.60. The molecule has 2 aromatic rings. The van der Waals surface area contributed by atoms with Gasteiger partial charge in [0.2, 0.25) is 0 Å². The Balaban J connectivity index is 2.05. The van der Waals surface area contributed by atoms with Crippen LogP contribution in [0, 0.1) is 0 Å². The number of hydrogen-bond donors (Lipinski definition) is 0. The van der Waals surface area contributed by atoms with E-state index in [2.05, 4.69) is 0 Å². The van der Waals surface area contributed by atoms with Gasteiger partial charge >= 0.3 is 0 Å². The minimum Gasteiger partial charge on any atom is -0.497 e. The van der Waals surface area contributed by atoms with E-state index >= 15 is 0 Å². The first kappa shape index (κ1) is 15.6. The highest BCUT2D eigenvalue weighted by Gasteiger charge is 2.18. The van der Waals surface area contributed by atoms with Gasteiger partial charge in [-0.15, -0.1) is 0 Å². The fourth-order valence-electron chi connectivity index (χ4n) is 2.30. The van der Waals surface area contributed by atoms with E-state index in [4.69, 9.17) is 4.74 Å². The van der Waals surface area contributed by atoms with Crippen LogP contribution in [-0.2, 0) is 15.6 Å². The summed E-state index contributed by atoms with van der Waals surface area (Å²) in [7, 11) is -1.52. The summed E-state index contributed by atoms with van der Waals surface area (Å²) in [5, 5.41) is 0. The predicted octanol–water partition coefficient (Wildman–Crippen LogP) is 3.41. The molecule has 0 aromatic heterocycles. The second-order valence-electron chi connectivity index (χ2n) is 5.21. The molecule has 21 heavy (non-hydrogen) atoms. The van der Waals surface area contributed by atoms with Crippen molar-refractivity contribution in [1.29, 1.82) is 0 Å². The molecule has 0 N–H and O–H groups in total. The quantitative estimate of drug-likeness (QED) is 0.821. The van der Waals surface area contributed by atoms with E-state index in [1.807, 2.05) is 61.5 Å². The Morgan fingerprint density at radius 2 is 1.62 bits per heavy atom. The molecule has 1 unspecified atom stereocenters. The van der Waals surface area contributed by atoms with Gasteiger partial charge in [-0.2, -0.15) is 0 Å². The van der Waals surface area contributed by atoms with Crippen LogP contribution in [0.4, 0.5) is 0 Å². The third-order valence-electron chi connectivity index (χ3n) is 3.42. The van der Waals surface area contributed by atoms with E-state index in [0.29, 0.717) is 0 Å². The molecule has 112 valence electrons. The van der Waals surface area contributed by atoms with Crippen LogP contribution in [0.2, 0.25) is 0 Å². The van der Waals surface area contributed by atoms with Gasteiger partial charge in [-0.1, -0.05) is 49.4 Å². The van der Waals surface area contributed by atoms with Crippen molar-refractivity contribution in [1.82, 2.24) is 0 Å². The molecule has 1 atom stereocenters. The highest BCUT2D eigenvalue weighted by atomic mass is 32.2. The van der Waals surface area contributed by atoms with Crippen molar-refractivity contribution in [3.63, 3.8) is 0 Å². The highest BCUT2D eigenvalue weighted by molar-refractivity contribution is 7.90. The van der Waals surface area contributed by atoms with Crippen molar-refractivity contribution in [2.45, 2.75) is 18.6 Å². The molecule has 0 spiro atoms. The monoisotopic (exact) mass is 304 g/mol. The zero-order valence-corrected chi connectivity index (χ0v) is 13.1. The molecule has 0 heterocycles. The van der Waals surface area contributed by atoms with Gasteiger partial charge in [-0.25, -0.2) is 8.42 Å². The molecule has 0 amide bonds. The fraction of sp³-hybridized carbons (Fsp3) is 0.294. The molecule has 0 aliphatic carbocycles. The predicted molar refractivity (Wildman–Crippen MR) is 85.3 cm³/mol. The van der Waals surface area contributed by atoms with Gasteiger partial charge in [0, 0.05) is 0 Å². The lowest BCUT2D eigenvalue weighted by Crippen LogP contribution is -2.14.